The fourth-order valence-electron chi connectivity index (χ4n) is 2.62. The summed E-state index contributed by atoms with van der Waals surface area (Å²) in [7, 11) is 1.72. The molecular weight excluding hydrogens is 469 g/mol. The molecule has 148 valence electrons. The van der Waals surface area contributed by atoms with Crippen LogP contribution in [0.4, 0.5) is 0 Å². The highest BCUT2D eigenvalue weighted by atomic mass is 127. The lowest BCUT2D eigenvalue weighted by Crippen LogP contribution is -2.36. The van der Waals surface area contributed by atoms with Gasteiger partial charge in [-0.3, -0.25) is 14.2 Å². The maximum atomic E-state index is 11.8. The van der Waals surface area contributed by atoms with Gasteiger partial charge < -0.3 is 16.0 Å². The molecule has 0 saturated heterocycles. The molecule has 2 heterocycles. The zero-order chi connectivity index (χ0) is 19.1. The third kappa shape index (κ3) is 5.41. The third-order valence-corrected chi connectivity index (χ3v) is 4.04. The molecule has 0 aliphatic carbocycles. The number of carbonyl (C=O) groups is 1. The van der Waals surface area contributed by atoms with Gasteiger partial charge >= 0.3 is 0 Å². The van der Waals surface area contributed by atoms with Crippen LogP contribution >= 0.6 is 24.0 Å². The lowest BCUT2D eigenvalue weighted by molar-refractivity contribution is 0.0956. The van der Waals surface area contributed by atoms with Crippen LogP contribution in [0.25, 0.3) is 5.65 Å². The molecule has 0 bridgehead atoms. The van der Waals surface area contributed by atoms with Gasteiger partial charge in [0, 0.05) is 31.9 Å². The molecule has 0 unspecified atom stereocenters. The van der Waals surface area contributed by atoms with Crippen molar-refractivity contribution in [2.24, 2.45) is 4.99 Å². The SMILES string of the molecule is CCNC(=O)c1ccc(CNC(=NC)NCc2nnc3ccccn23)cc1.I. The molecule has 0 atom stereocenters. The number of halogens is 1. The van der Waals surface area contributed by atoms with E-state index in [0.717, 1.165) is 17.0 Å². The molecule has 2 aromatic heterocycles. The van der Waals surface area contributed by atoms with Crippen LogP contribution in [0.2, 0.25) is 0 Å². The molecule has 1 amide bonds. The second kappa shape index (κ2) is 10.6. The van der Waals surface area contributed by atoms with Gasteiger partial charge in [0.25, 0.3) is 5.91 Å². The normalized spacial score (nSPS) is 11.0. The summed E-state index contributed by atoms with van der Waals surface area (Å²) in [6.07, 6.45) is 1.93. The average Bonchev–Trinajstić information content (AvgIpc) is 3.12. The summed E-state index contributed by atoms with van der Waals surface area (Å²) in [5.41, 5.74) is 2.52. The highest BCUT2D eigenvalue weighted by Crippen LogP contribution is 2.05. The van der Waals surface area contributed by atoms with E-state index >= 15 is 0 Å². The van der Waals surface area contributed by atoms with Gasteiger partial charge in [-0.15, -0.1) is 34.2 Å². The van der Waals surface area contributed by atoms with E-state index in [0.29, 0.717) is 31.2 Å². The molecule has 3 rings (SSSR count). The minimum Gasteiger partial charge on any atom is -0.352 e. The predicted molar refractivity (Wildman–Crippen MR) is 120 cm³/mol. The summed E-state index contributed by atoms with van der Waals surface area (Å²) in [6.45, 7) is 3.61. The number of carbonyl (C=O) groups excluding carboxylic acids is 1. The predicted octanol–water partition coefficient (Wildman–Crippen LogP) is 1.96. The number of guanidine groups is 1. The molecule has 1 aromatic carbocycles. The maximum absolute atomic E-state index is 11.8. The number of hydrogen-bond acceptors (Lipinski definition) is 4. The summed E-state index contributed by atoms with van der Waals surface area (Å²) in [5, 5.41) is 17.6. The Morgan fingerprint density at radius 3 is 2.50 bits per heavy atom. The Morgan fingerprint density at radius 2 is 1.79 bits per heavy atom. The van der Waals surface area contributed by atoms with E-state index in [1.807, 2.05) is 60.0 Å². The van der Waals surface area contributed by atoms with Crippen LogP contribution in [0.15, 0.2) is 53.7 Å². The first-order chi connectivity index (χ1) is 13.2. The van der Waals surface area contributed by atoms with Gasteiger partial charge in [0.05, 0.1) is 6.54 Å². The van der Waals surface area contributed by atoms with Gasteiger partial charge in [0.15, 0.2) is 17.4 Å². The van der Waals surface area contributed by atoms with Crippen molar-refractivity contribution in [3.05, 3.63) is 65.6 Å². The van der Waals surface area contributed by atoms with Crippen molar-refractivity contribution in [1.82, 2.24) is 30.5 Å². The number of amides is 1. The monoisotopic (exact) mass is 493 g/mol. The molecular formula is C19H24IN7O. The van der Waals surface area contributed by atoms with E-state index in [2.05, 4.69) is 31.1 Å². The van der Waals surface area contributed by atoms with Gasteiger partial charge in [-0.2, -0.15) is 0 Å². The molecule has 3 N–H and O–H groups in total. The van der Waals surface area contributed by atoms with Gasteiger partial charge in [-0.05, 0) is 36.8 Å². The number of rotatable bonds is 6. The topological polar surface area (TPSA) is 95.7 Å². The van der Waals surface area contributed by atoms with Gasteiger partial charge in [0.1, 0.15) is 0 Å². The molecule has 9 heteroatoms. The Morgan fingerprint density at radius 1 is 1.04 bits per heavy atom. The van der Waals surface area contributed by atoms with E-state index in [1.165, 1.54) is 0 Å². The number of fused-ring (bicyclic) bond motifs is 1. The Bertz CT molecular complexity index is 937. The Kier molecular flexibility index (Phi) is 8.18. The van der Waals surface area contributed by atoms with Crippen molar-refractivity contribution < 1.29 is 4.79 Å². The molecule has 0 aliphatic heterocycles. The highest BCUT2D eigenvalue weighted by molar-refractivity contribution is 14.0. The fourth-order valence-corrected chi connectivity index (χ4v) is 2.62. The molecule has 8 nitrogen and oxygen atoms in total. The Balaban J connectivity index is 0.00000280. The summed E-state index contributed by atoms with van der Waals surface area (Å²) < 4.78 is 1.93. The van der Waals surface area contributed by atoms with Crippen molar-refractivity contribution in [2.75, 3.05) is 13.6 Å². The zero-order valence-electron chi connectivity index (χ0n) is 15.8. The number of aromatic nitrogens is 3. The largest absolute Gasteiger partial charge is 0.352 e. The fraction of sp³-hybridized carbons (Fsp3) is 0.263. The Labute approximate surface area is 180 Å². The Hall–Kier alpha value is -2.69. The molecule has 28 heavy (non-hydrogen) atoms. The van der Waals surface area contributed by atoms with Crippen molar-refractivity contribution in [3.63, 3.8) is 0 Å². The second-order valence-electron chi connectivity index (χ2n) is 5.88. The number of aliphatic imine (C=N–C) groups is 1. The molecule has 0 aliphatic rings. The average molecular weight is 493 g/mol. The second-order valence-corrected chi connectivity index (χ2v) is 5.88. The molecule has 0 radical (unpaired) electrons. The molecule has 0 fully saturated rings. The quantitative estimate of drug-likeness (QED) is 0.277. The maximum Gasteiger partial charge on any atom is 0.251 e. The minimum atomic E-state index is -0.0602. The van der Waals surface area contributed by atoms with Crippen LogP contribution in [0.3, 0.4) is 0 Å². The summed E-state index contributed by atoms with van der Waals surface area (Å²) in [4.78, 5) is 16.0. The van der Waals surface area contributed by atoms with Crippen LogP contribution in [-0.4, -0.2) is 40.1 Å². The smallest absolute Gasteiger partial charge is 0.251 e. The van der Waals surface area contributed by atoms with Gasteiger partial charge in [-0.1, -0.05) is 18.2 Å². The number of pyridine rings is 1. The van der Waals surface area contributed by atoms with Crippen molar-refractivity contribution >= 4 is 41.5 Å². The van der Waals surface area contributed by atoms with Crippen LogP contribution in [-0.2, 0) is 13.1 Å². The van der Waals surface area contributed by atoms with E-state index in [9.17, 15) is 4.79 Å². The van der Waals surface area contributed by atoms with E-state index in [1.54, 1.807) is 7.05 Å². The first kappa shape index (κ1) is 21.6. The number of benzene rings is 1. The zero-order valence-corrected chi connectivity index (χ0v) is 18.2. The van der Waals surface area contributed by atoms with Crippen LogP contribution < -0.4 is 16.0 Å². The van der Waals surface area contributed by atoms with Gasteiger partial charge in [0.2, 0.25) is 0 Å². The van der Waals surface area contributed by atoms with Crippen molar-refractivity contribution in [1.29, 1.82) is 0 Å². The highest BCUT2D eigenvalue weighted by Gasteiger charge is 2.06. The van der Waals surface area contributed by atoms with E-state index < -0.39 is 0 Å². The summed E-state index contributed by atoms with van der Waals surface area (Å²) >= 11 is 0. The van der Waals surface area contributed by atoms with Gasteiger partial charge in [-0.25, -0.2) is 0 Å². The lowest BCUT2D eigenvalue weighted by Gasteiger charge is -2.11. The number of hydrogen-bond donors (Lipinski definition) is 3. The lowest BCUT2D eigenvalue weighted by atomic mass is 10.1. The van der Waals surface area contributed by atoms with E-state index in [4.69, 9.17) is 0 Å². The number of nitrogens with zero attached hydrogens (tertiary/aromatic N) is 4. The standard InChI is InChI=1S/C19H23N7O.HI/c1-3-21-18(27)15-9-7-14(8-10-15)12-22-19(20-2)23-13-17-25-24-16-6-4-5-11-26(16)17;/h4-11H,3,12-13H2,1-2H3,(H,21,27)(H2,20,22,23);1H. The molecule has 0 spiro atoms. The minimum absolute atomic E-state index is 0. The first-order valence-corrected chi connectivity index (χ1v) is 8.81. The number of nitrogens with one attached hydrogen (secondary N) is 3. The summed E-state index contributed by atoms with van der Waals surface area (Å²) in [5.74, 6) is 1.41. The molecule has 3 aromatic rings. The van der Waals surface area contributed by atoms with Crippen molar-refractivity contribution in [3.8, 4) is 0 Å². The van der Waals surface area contributed by atoms with Crippen LogP contribution in [0.5, 0.6) is 0 Å². The van der Waals surface area contributed by atoms with Crippen molar-refractivity contribution in [2.45, 2.75) is 20.0 Å². The van der Waals surface area contributed by atoms with Crippen LogP contribution in [0.1, 0.15) is 28.7 Å². The van der Waals surface area contributed by atoms with E-state index in [-0.39, 0.29) is 29.9 Å². The molecule has 0 saturated carbocycles. The third-order valence-electron chi connectivity index (χ3n) is 4.04. The van der Waals surface area contributed by atoms with Crippen LogP contribution in [0, 0.1) is 0 Å². The summed E-state index contributed by atoms with van der Waals surface area (Å²) in [6, 6.07) is 13.3. The first-order valence-electron chi connectivity index (χ1n) is 8.81.